The molecule has 3 aromatic rings. The van der Waals surface area contributed by atoms with Gasteiger partial charge >= 0.3 is 0 Å². The van der Waals surface area contributed by atoms with Gasteiger partial charge in [0, 0.05) is 16.6 Å². The number of hydrogen-bond donors (Lipinski definition) is 1. The molecule has 0 saturated carbocycles. The molecule has 1 aliphatic rings. The first-order valence-electron chi connectivity index (χ1n) is 11.9. The molecule has 4 rings (SSSR count). The standard InChI is InChI=1S/C27H33BrN4O2/c1-18(19-7-11-22(12-8-19)27(2,3)4)29-26(33)21-6-5-15-32(16-21)17-24-30-25(31-34-24)20-9-13-23(28)14-10-20/h7-14,18,21H,5-6,15-17H2,1-4H3,(H,29,33). The summed E-state index contributed by atoms with van der Waals surface area (Å²) in [5.41, 5.74) is 3.45. The summed E-state index contributed by atoms with van der Waals surface area (Å²) in [6.07, 6.45) is 1.87. The van der Waals surface area contributed by atoms with Crippen LogP contribution in [-0.2, 0) is 16.8 Å². The van der Waals surface area contributed by atoms with Crippen molar-refractivity contribution in [3.63, 3.8) is 0 Å². The summed E-state index contributed by atoms with van der Waals surface area (Å²) in [6.45, 7) is 10.8. The van der Waals surface area contributed by atoms with E-state index in [0.29, 0.717) is 24.8 Å². The molecule has 0 aliphatic carbocycles. The van der Waals surface area contributed by atoms with Gasteiger partial charge in [0.2, 0.25) is 17.6 Å². The fourth-order valence-corrected chi connectivity index (χ4v) is 4.59. The molecule has 0 spiro atoms. The zero-order chi connectivity index (χ0) is 24.3. The highest BCUT2D eigenvalue weighted by Gasteiger charge is 2.28. The highest BCUT2D eigenvalue weighted by atomic mass is 79.9. The number of benzene rings is 2. The van der Waals surface area contributed by atoms with Gasteiger partial charge in [-0.2, -0.15) is 4.98 Å². The van der Waals surface area contributed by atoms with E-state index < -0.39 is 0 Å². The van der Waals surface area contributed by atoms with Crippen molar-refractivity contribution in [2.24, 2.45) is 5.92 Å². The summed E-state index contributed by atoms with van der Waals surface area (Å²) in [7, 11) is 0. The molecule has 1 amide bonds. The Kier molecular flexibility index (Phi) is 7.53. The lowest BCUT2D eigenvalue weighted by atomic mass is 9.86. The number of nitrogens with zero attached hydrogens (tertiary/aromatic N) is 3. The third kappa shape index (κ3) is 6.13. The Morgan fingerprint density at radius 2 is 1.88 bits per heavy atom. The number of amides is 1. The fraction of sp³-hybridized carbons (Fsp3) is 0.444. The van der Waals surface area contributed by atoms with Crippen molar-refractivity contribution in [2.75, 3.05) is 13.1 Å². The predicted octanol–water partition coefficient (Wildman–Crippen LogP) is 5.89. The number of likely N-dealkylation sites (tertiary alicyclic amines) is 1. The largest absolute Gasteiger partial charge is 0.349 e. The monoisotopic (exact) mass is 524 g/mol. The maximum atomic E-state index is 13.0. The summed E-state index contributed by atoms with van der Waals surface area (Å²) in [5, 5.41) is 7.34. The lowest BCUT2D eigenvalue weighted by Gasteiger charge is -2.31. The number of hydrogen-bond acceptors (Lipinski definition) is 5. The van der Waals surface area contributed by atoms with Gasteiger partial charge in [0.15, 0.2) is 0 Å². The number of halogens is 1. The lowest BCUT2D eigenvalue weighted by molar-refractivity contribution is -0.127. The van der Waals surface area contributed by atoms with E-state index in [9.17, 15) is 4.79 Å². The minimum atomic E-state index is -0.0427. The summed E-state index contributed by atoms with van der Waals surface area (Å²) in [5.74, 6) is 1.23. The molecule has 2 heterocycles. The molecule has 34 heavy (non-hydrogen) atoms. The third-order valence-corrected chi connectivity index (χ3v) is 6.97. The van der Waals surface area contributed by atoms with Crippen LogP contribution < -0.4 is 5.32 Å². The van der Waals surface area contributed by atoms with Gasteiger partial charge < -0.3 is 9.84 Å². The van der Waals surface area contributed by atoms with Crippen LogP contribution >= 0.6 is 15.9 Å². The van der Waals surface area contributed by atoms with Crippen LogP contribution in [0, 0.1) is 5.92 Å². The zero-order valence-electron chi connectivity index (χ0n) is 20.3. The maximum absolute atomic E-state index is 13.0. The molecule has 1 N–H and O–H groups in total. The van der Waals surface area contributed by atoms with E-state index in [1.807, 2.05) is 31.2 Å². The number of carbonyl (C=O) groups excluding carboxylic acids is 1. The van der Waals surface area contributed by atoms with Gasteiger partial charge in [0.05, 0.1) is 18.5 Å². The topological polar surface area (TPSA) is 71.3 Å². The van der Waals surface area contributed by atoms with Gasteiger partial charge in [-0.05, 0) is 67.1 Å². The molecule has 1 aliphatic heterocycles. The summed E-state index contributed by atoms with van der Waals surface area (Å²) in [6, 6.07) is 16.4. The van der Waals surface area contributed by atoms with Gasteiger partial charge in [-0.3, -0.25) is 9.69 Å². The molecular formula is C27H33BrN4O2. The molecule has 7 heteroatoms. The summed E-state index contributed by atoms with van der Waals surface area (Å²) >= 11 is 3.44. The lowest BCUT2D eigenvalue weighted by Crippen LogP contribution is -2.43. The van der Waals surface area contributed by atoms with E-state index in [0.717, 1.165) is 35.0 Å². The first-order chi connectivity index (χ1) is 16.2. The van der Waals surface area contributed by atoms with Gasteiger partial charge in [0.1, 0.15) is 0 Å². The van der Waals surface area contributed by atoms with Crippen molar-refractivity contribution in [2.45, 2.75) is 58.5 Å². The molecular weight excluding hydrogens is 492 g/mol. The van der Waals surface area contributed by atoms with E-state index in [1.165, 1.54) is 5.56 Å². The highest BCUT2D eigenvalue weighted by Crippen LogP contribution is 2.25. The number of piperidine rings is 1. The third-order valence-electron chi connectivity index (χ3n) is 6.44. The van der Waals surface area contributed by atoms with Crippen molar-refractivity contribution < 1.29 is 9.32 Å². The molecule has 0 bridgehead atoms. The summed E-state index contributed by atoms with van der Waals surface area (Å²) in [4.78, 5) is 19.8. The van der Waals surface area contributed by atoms with E-state index in [4.69, 9.17) is 4.52 Å². The van der Waals surface area contributed by atoms with Crippen LogP contribution in [0.5, 0.6) is 0 Å². The normalized spacial score (nSPS) is 18.0. The second kappa shape index (κ2) is 10.4. The van der Waals surface area contributed by atoms with Crippen LogP contribution in [-0.4, -0.2) is 34.0 Å². The average Bonchev–Trinajstić information content (AvgIpc) is 3.27. The Balaban J connectivity index is 1.32. The molecule has 2 aromatic carbocycles. The molecule has 2 unspecified atom stereocenters. The smallest absolute Gasteiger partial charge is 0.241 e. The van der Waals surface area contributed by atoms with Crippen molar-refractivity contribution in [1.29, 1.82) is 0 Å². The molecule has 1 aromatic heterocycles. The van der Waals surface area contributed by atoms with Crippen molar-refractivity contribution >= 4 is 21.8 Å². The fourth-order valence-electron chi connectivity index (χ4n) is 4.33. The van der Waals surface area contributed by atoms with Crippen LogP contribution in [0.1, 0.15) is 63.6 Å². The maximum Gasteiger partial charge on any atom is 0.241 e. The Morgan fingerprint density at radius 3 is 2.56 bits per heavy atom. The van der Waals surface area contributed by atoms with Gasteiger partial charge in [-0.1, -0.05) is 66.1 Å². The Morgan fingerprint density at radius 1 is 1.18 bits per heavy atom. The van der Waals surface area contributed by atoms with Crippen molar-refractivity contribution in [1.82, 2.24) is 20.4 Å². The average molecular weight is 525 g/mol. The second-order valence-corrected chi connectivity index (χ2v) is 11.1. The summed E-state index contributed by atoms with van der Waals surface area (Å²) < 4.78 is 6.50. The van der Waals surface area contributed by atoms with Gasteiger partial charge in [-0.25, -0.2) is 0 Å². The van der Waals surface area contributed by atoms with Crippen LogP contribution in [0.25, 0.3) is 11.4 Å². The van der Waals surface area contributed by atoms with Crippen molar-refractivity contribution in [3.8, 4) is 11.4 Å². The van der Waals surface area contributed by atoms with Gasteiger partial charge in [0.25, 0.3) is 0 Å². The quantitative estimate of drug-likeness (QED) is 0.435. The molecule has 1 fully saturated rings. The SMILES string of the molecule is CC(NC(=O)C1CCCN(Cc2nc(-c3ccc(Br)cc3)no2)C1)c1ccc(C(C)(C)C)cc1. The zero-order valence-corrected chi connectivity index (χ0v) is 21.9. The molecule has 6 nitrogen and oxygen atoms in total. The van der Waals surface area contributed by atoms with E-state index >= 15 is 0 Å². The van der Waals surface area contributed by atoms with Gasteiger partial charge in [-0.15, -0.1) is 0 Å². The Bertz CT molecular complexity index is 1100. The van der Waals surface area contributed by atoms with E-state index in [-0.39, 0.29) is 23.3 Å². The number of carbonyl (C=O) groups is 1. The molecule has 1 saturated heterocycles. The van der Waals surface area contributed by atoms with Crippen LogP contribution in [0.4, 0.5) is 0 Å². The first-order valence-corrected chi connectivity index (χ1v) is 12.7. The number of rotatable bonds is 6. The second-order valence-electron chi connectivity index (χ2n) is 10.2. The van der Waals surface area contributed by atoms with E-state index in [2.05, 4.69) is 81.3 Å². The predicted molar refractivity (Wildman–Crippen MR) is 137 cm³/mol. The number of nitrogens with one attached hydrogen (secondary N) is 1. The molecule has 2 atom stereocenters. The highest BCUT2D eigenvalue weighted by molar-refractivity contribution is 9.10. The Labute approximate surface area is 210 Å². The van der Waals surface area contributed by atoms with Crippen LogP contribution in [0.3, 0.4) is 0 Å². The number of aromatic nitrogens is 2. The molecule has 180 valence electrons. The minimum Gasteiger partial charge on any atom is -0.349 e. The van der Waals surface area contributed by atoms with Crippen LogP contribution in [0.15, 0.2) is 57.5 Å². The van der Waals surface area contributed by atoms with Crippen molar-refractivity contribution in [3.05, 3.63) is 70.0 Å². The Hall–Kier alpha value is -2.51. The van der Waals surface area contributed by atoms with Crippen LogP contribution in [0.2, 0.25) is 0 Å². The minimum absolute atomic E-state index is 0.0266. The van der Waals surface area contributed by atoms with E-state index in [1.54, 1.807) is 0 Å². The first kappa shape index (κ1) is 24.6. The molecule has 0 radical (unpaired) electrons.